The number of amides is 1. The number of nitrogens with zero attached hydrogens (tertiary/aromatic N) is 2. The number of aromatic nitrogens is 2. The quantitative estimate of drug-likeness (QED) is 0.873. The Bertz CT molecular complexity index is 641. The van der Waals surface area contributed by atoms with E-state index in [1.807, 2.05) is 6.92 Å². The molecule has 0 saturated heterocycles. The molecule has 0 bridgehead atoms. The molecule has 0 unspecified atom stereocenters. The van der Waals surface area contributed by atoms with E-state index in [0.717, 1.165) is 5.56 Å². The van der Waals surface area contributed by atoms with Gasteiger partial charge in [0.05, 0.1) is 5.56 Å². The van der Waals surface area contributed by atoms with E-state index in [-0.39, 0.29) is 11.3 Å². The summed E-state index contributed by atoms with van der Waals surface area (Å²) in [6, 6.07) is 6.39. The Hall–Kier alpha value is -2.76. The monoisotopic (exact) mass is 257 g/mol. The highest BCUT2D eigenvalue weighted by Gasteiger charge is 2.17. The van der Waals surface area contributed by atoms with Crippen LogP contribution in [0.3, 0.4) is 0 Å². The van der Waals surface area contributed by atoms with E-state index >= 15 is 0 Å². The molecule has 6 heteroatoms. The smallest absolute Gasteiger partial charge is 0.355 e. The van der Waals surface area contributed by atoms with Crippen molar-refractivity contribution in [2.45, 2.75) is 6.92 Å². The lowest BCUT2D eigenvalue weighted by Gasteiger charge is -2.06. The van der Waals surface area contributed by atoms with E-state index in [1.165, 1.54) is 18.3 Å². The number of pyridine rings is 2. The SMILES string of the molecule is Cc1ccnc(NC(=O)c2cccnc2C(=O)O)c1. The van der Waals surface area contributed by atoms with Crippen LogP contribution in [0.5, 0.6) is 0 Å². The molecule has 1 amide bonds. The van der Waals surface area contributed by atoms with Crippen LogP contribution in [0.1, 0.15) is 26.4 Å². The van der Waals surface area contributed by atoms with Crippen LogP contribution in [-0.2, 0) is 0 Å². The number of carbonyl (C=O) groups excluding carboxylic acids is 1. The first-order valence-corrected chi connectivity index (χ1v) is 5.50. The maximum absolute atomic E-state index is 12.0. The number of hydrogen-bond donors (Lipinski definition) is 2. The fraction of sp³-hybridized carbons (Fsp3) is 0.0769. The minimum atomic E-state index is -1.25. The largest absolute Gasteiger partial charge is 0.476 e. The Morgan fingerprint density at radius 1 is 1.21 bits per heavy atom. The normalized spacial score (nSPS) is 9.95. The third-order valence-corrected chi connectivity index (χ3v) is 2.41. The van der Waals surface area contributed by atoms with E-state index in [0.29, 0.717) is 5.82 Å². The number of aromatic carboxylic acids is 1. The number of rotatable bonds is 3. The minimum Gasteiger partial charge on any atom is -0.476 e. The first kappa shape index (κ1) is 12.7. The summed E-state index contributed by atoms with van der Waals surface area (Å²) in [5.74, 6) is -1.43. The molecule has 19 heavy (non-hydrogen) atoms. The van der Waals surface area contributed by atoms with Gasteiger partial charge in [-0.3, -0.25) is 4.79 Å². The standard InChI is InChI=1S/C13H11N3O3/c1-8-4-6-14-10(7-8)16-12(17)9-3-2-5-15-11(9)13(18)19/h2-7H,1H3,(H,18,19)(H,14,16,17). The maximum atomic E-state index is 12.0. The Balaban J connectivity index is 2.28. The molecule has 2 heterocycles. The molecule has 0 aliphatic heterocycles. The van der Waals surface area contributed by atoms with E-state index in [4.69, 9.17) is 5.11 Å². The molecule has 0 saturated carbocycles. The van der Waals surface area contributed by atoms with E-state index in [9.17, 15) is 9.59 Å². The third-order valence-electron chi connectivity index (χ3n) is 2.41. The Morgan fingerprint density at radius 3 is 2.68 bits per heavy atom. The van der Waals surface area contributed by atoms with Crippen LogP contribution in [0.25, 0.3) is 0 Å². The summed E-state index contributed by atoms with van der Waals surface area (Å²) in [5.41, 5.74) is 0.654. The molecular weight excluding hydrogens is 246 g/mol. The second-order valence-electron chi connectivity index (χ2n) is 3.88. The highest BCUT2D eigenvalue weighted by molar-refractivity contribution is 6.09. The van der Waals surface area contributed by atoms with Crippen molar-refractivity contribution >= 4 is 17.7 Å². The van der Waals surface area contributed by atoms with Gasteiger partial charge in [0.25, 0.3) is 5.91 Å². The Morgan fingerprint density at radius 2 is 2.00 bits per heavy atom. The third kappa shape index (κ3) is 2.92. The molecule has 2 N–H and O–H groups in total. The van der Waals surface area contributed by atoms with Crippen LogP contribution in [0.15, 0.2) is 36.7 Å². The van der Waals surface area contributed by atoms with Crippen molar-refractivity contribution in [3.63, 3.8) is 0 Å². The fourth-order valence-corrected chi connectivity index (χ4v) is 1.55. The van der Waals surface area contributed by atoms with Gasteiger partial charge in [-0.2, -0.15) is 0 Å². The number of anilines is 1. The first-order valence-electron chi connectivity index (χ1n) is 5.50. The van der Waals surface area contributed by atoms with Crippen LogP contribution in [0, 0.1) is 6.92 Å². The van der Waals surface area contributed by atoms with Crippen LogP contribution in [0.2, 0.25) is 0 Å². The summed E-state index contributed by atoms with van der Waals surface area (Å²) in [6.45, 7) is 1.87. The lowest BCUT2D eigenvalue weighted by molar-refractivity contribution is 0.0686. The van der Waals surface area contributed by atoms with Crippen molar-refractivity contribution in [3.05, 3.63) is 53.5 Å². The van der Waals surface area contributed by atoms with Crippen molar-refractivity contribution in [2.24, 2.45) is 0 Å². The molecule has 0 atom stereocenters. The van der Waals surface area contributed by atoms with Gasteiger partial charge >= 0.3 is 5.97 Å². The second kappa shape index (κ2) is 5.26. The minimum absolute atomic E-state index is 0.00157. The van der Waals surface area contributed by atoms with Gasteiger partial charge in [-0.05, 0) is 36.8 Å². The summed E-state index contributed by atoms with van der Waals surface area (Å²) < 4.78 is 0. The van der Waals surface area contributed by atoms with Crippen molar-refractivity contribution < 1.29 is 14.7 Å². The van der Waals surface area contributed by atoms with Gasteiger partial charge in [-0.15, -0.1) is 0 Å². The molecule has 0 fully saturated rings. The Labute approximate surface area is 109 Å². The predicted octanol–water partition coefficient (Wildman–Crippen LogP) is 1.74. The van der Waals surface area contributed by atoms with Crippen LogP contribution >= 0.6 is 0 Å². The summed E-state index contributed by atoms with van der Waals surface area (Å²) in [6.07, 6.45) is 2.89. The molecule has 0 aliphatic rings. The zero-order valence-corrected chi connectivity index (χ0v) is 10.1. The molecular formula is C13H11N3O3. The number of carboxylic acids is 1. The average Bonchev–Trinajstić information content (AvgIpc) is 2.38. The zero-order chi connectivity index (χ0) is 13.8. The summed E-state index contributed by atoms with van der Waals surface area (Å²) in [5, 5.41) is 11.5. The van der Waals surface area contributed by atoms with Crippen molar-refractivity contribution in [3.8, 4) is 0 Å². The van der Waals surface area contributed by atoms with Crippen LogP contribution < -0.4 is 5.32 Å². The lowest BCUT2D eigenvalue weighted by Crippen LogP contribution is -2.18. The average molecular weight is 257 g/mol. The molecule has 0 spiro atoms. The maximum Gasteiger partial charge on any atom is 0.355 e. The van der Waals surface area contributed by atoms with Gasteiger partial charge in [0.15, 0.2) is 5.69 Å². The Kier molecular flexibility index (Phi) is 3.51. The van der Waals surface area contributed by atoms with Gasteiger partial charge in [-0.1, -0.05) is 0 Å². The van der Waals surface area contributed by atoms with Crippen molar-refractivity contribution in [1.82, 2.24) is 9.97 Å². The molecule has 2 rings (SSSR count). The van der Waals surface area contributed by atoms with Gasteiger partial charge < -0.3 is 10.4 Å². The topological polar surface area (TPSA) is 92.2 Å². The van der Waals surface area contributed by atoms with Crippen molar-refractivity contribution in [2.75, 3.05) is 5.32 Å². The van der Waals surface area contributed by atoms with Crippen LogP contribution in [-0.4, -0.2) is 27.0 Å². The molecule has 0 radical (unpaired) electrons. The second-order valence-corrected chi connectivity index (χ2v) is 3.88. The number of carbonyl (C=O) groups is 2. The van der Waals surface area contributed by atoms with Gasteiger partial charge in [-0.25, -0.2) is 14.8 Å². The van der Waals surface area contributed by atoms with Gasteiger partial charge in [0, 0.05) is 12.4 Å². The summed E-state index contributed by atoms with van der Waals surface area (Å²) in [7, 11) is 0. The summed E-state index contributed by atoms with van der Waals surface area (Å²) in [4.78, 5) is 30.6. The molecule has 2 aromatic rings. The highest BCUT2D eigenvalue weighted by Crippen LogP contribution is 2.10. The molecule has 6 nitrogen and oxygen atoms in total. The summed E-state index contributed by atoms with van der Waals surface area (Å²) >= 11 is 0. The molecule has 96 valence electrons. The van der Waals surface area contributed by atoms with E-state index in [2.05, 4.69) is 15.3 Å². The van der Waals surface area contributed by atoms with E-state index in [1.54, 1.807) is 18.3 Å². The van der Waals surface area contributed by atoms with E-state index < -0.39 is 11.9 Å². The molecule has 0 aliphatic carbocycles. The number of carboxylic acid groups (broad SMARTS) is 1. The number of hydrogen-bond acceptors (Lipinski definition) is 4. The van der Waals surface area contributed by atoms with Gasteiger partial charge in [0.2, 0.25) is 0 Å². The lowest BCUT2D eigenvalue weighted by atomic mass is 10.2. The number of aryl methyl sites for hydroxylation is 1. The highest BCUT2D eigenvalue weighted by atomic mass is 16.4. The molecule has 2 aromatic heterocycles. The fourth-order valence-electron chi connectivity index (χ4n) is 1.55. The van der Waals surface area contributed by atoms with Gasteiger partial charge in [0.1, 0.15) is 5.82 Å². The van der Waals surface area contributed by atoms with Crippen LogP contribution in [0.4, 0.5) is 5.82 Å². The van der Waals surface area contributed by atoms with Crippen molar-refractivity contribution in [1.29, 1.82) is 0 Å². The predicted molar refractivity (Wildman–Crippen MR) is 68.1 cm³/mol. The molecule has 0 aromatic carbocycles. The first-order chi connectivity index (χ1) is 9.08. The zero-order valence-electron chi connectivity index (χ0n) is 10.1. The number of nitrogens with one attached hydrogen (secondary N) is 1.